The lowest BCUT2D eigenvalue weighted by molar-refractivity contribution is -0.00343. The summed E-state index contributed by atoms with van der Waals surface area (Å²) in [6.07, 6.45) is 5.14. The zero-order chi connectivity index (χ0) is 12.1. The summed E-state index contributed by atoms with van der Waals surface area (Å²) >= 11 is 1.74. The van der Waals surface area contributed by atoms with Crippen LogP contribution >= 0.6 is 11.3 Å². The van der Waals surface area contributed by atoms with Crippen LogP contribution < -0.4 is 5.32 Å². The fourth-order valence-corrected chi connectivity index (χ4v) is 3.03. The number of aromatic nitrogens is 1. The van der Waals surface area contributed by atoms with Gasteiger partial charge in [-0.25, -0.2) is 4.98 Å². The fraction of sp³-hybridized carbons (Fsp3) is 0.769. The van der Waals surface area contributed by atoms with E-state index >= 15 is 0 Å². The normalized spacial score (nSPS) is 25.1. The molecule has 17 heavy (non-hydrogen) atoms. The van der Waals surface area contributed by atoms with Crippen molar-refractivity contribution in [2.75, 3.05) is 6.61 Å². The van der Waals surface area contributed by atoms with Crippen molar-refractivity contribution in [1.82, 2.24) is 10.3 Å². The summed E-state index contributed by atoms with van der Waals surface area (Å²) < 4.78 is 5.75. The lowest BCUT2D eigenvalue weighted by atomic mass is 10.0. The Morgan fingerprint density at radius 2 is 2.47 bits per heavy atom. The van der Waals surface area contributed by atoms with E-state index < -0.39 is 0 Å². The summed E-state index contributed by atoms with van der Waals surface area (Å²) in [5, 5.41) is 6.91. The van der Waals surface area contributed by atoms with Gasteiger partial charge in [0.15, 0.2) is 0 Å². The maximum absolute atomic E-state index is 5.75. The highest BCUT2D eigenvalue weighted by Gasteiger charge is 2.21. The van der Waals surface area contributed by atoms with E-state index in [4.69, 9.17) is 4.74 Å². The Bertz CT molecular complexity index is 338. The summed E-state index contributed by atoms with van der Waals surface area (Å²) in [5.41, 5.74) is 1.13. The molecule has 2 atom stereocenters. The van der Waals surface area contributed by atoms with E-state index in [2.05, 4.69) is 22.6 Å². The second-order valence-corrected chi connectivity index (χ2v) is 5.71. The van der Waals surface area contributed by atoms with Crippen LogP contribution in [0.15, 0.2) is 5.38 Å². The molecule has 0 aromatic carbocycles. The van der Waals surface area contributed by atoms with Gasteiger partial charge in [0.25, 0.3) is 0 Å². The van der Waals surface area contributed by atoms with Gasteiger partial charge < -0.3 is 10.1 Å². The van der Waals surface area contributed by atoms with Crippen molar-refractivity contribution in [2.45, 2.75) is 58.2 Å². The second kappa shape index (κ2) is 6.47. The molecule has 1 aromatic heterocycles. The predicted octanol–water partition coefficient (Wildman–Crippen LogP) is 2.89. The number of ether oxygens (including phenoxy) is 1. The van der Waals surface area contributed by atoms with E-state index in [1.807, 2.05) is 6.92 Å². The van der Waals surface area contributed by atoms with Crippen molar-refractivity contribution in [3.63, 3.8) is 0 Å². The van der Waals surface area contributed by atoms with Crippen LogP contribution in [0.3, 0.4) is 0 Å². The lowest BCUT2D eigenvalue weighted by Crippen LogP contribution is -2.38. The Hall–Kier alpha value is -0.450. The molecule has 1 aliphatic heterocycles. The van der Waals surface area contributed by atoms with Crippen molar-refractivity contribution in [3.05, 3.63) is 16.1 Å². The summed E-state index contributed by atoms with van der Waals surface area (Å²) in [4.78, 5) is 4.48. The smallest absolute Gasteiger partial charge is 0.107 e. The SMILES string of the molecule is CCCC1CC(NCc2nc(C)cs2)CCO1. The molecule has 0 amide bonds. The Morgan fingerprint density at radius 3 is 3.18 bits per heavy atom. The Balaban J connectivity index is 1.75. The first-order valence-corrected chi connectivity index (χ1v) is 7.42. The standard InChI is InChI=1S/C13H22N2OS/c1-3-4-12-7-11(5-6-16-12)14-8-13-15-10(2)9-17-13/h9,11-12,14H,3-8H2,1-2H3. The summed E-state index contributed by atoms with van der Waals surface area (Å²) in [6.45, 7) is 6.08. The first-order valence-electron chi connectivity index (χ1n) is 6.54. The van der Waals surface area contributed by atoms with Crippen molar-refractivity contribution >= 4 is 11.3 Å². The number of nitrogens with zero attached hydrogens (tertiary/aromatic N) is 1. The van der Waals surface area contributed by atoms with E-state index in [-0.39, 0.29) is 0 Å². The van der Waals surface area contributed by atoms with Gasteiger partial charge >= 0.3 is 0 Å². The molecule has 2 heterocycles. The van der Waals surface area contributed by atoms with Crippen LogP contribution in [0.5, 0.6) is 0 Å². The quantitative estimate of drug-likeness (QED) is 0.877. The first-order chi connectivity index (χ1) is 8.28. The van der Waals surface area contributed by atoms with Crippen molar-refractivity contribution < 1.29 is 4.74 Å². The number of rotatable bonds is 5. The molecule has 0 saturated carbocycles. The van der Waals surface area contributed by atoms with Crippen LogP contribution in [-0.2, 0) is 11.3 Å². The minimum absolute atomic E-state index is 0.462. The van der Waals surface area contributed by atoms with Gasteiger partial charge in [-0.3, -0.25) is 0 Å². The van der Waals surface area contributed by atoms with E-state index in [1.165, 1.54) is 17.8 Å². The van der Waals surface area contributed by atoms with Crippen LogP contribution in [-0.4, -0.2) is 23.7 Å². The molecule has 2 unspecified atom stereocenters. The Morgan fingerprint density at radius 1 is 1.59 bits per heavy atom. The minimum Gasteiger partial charge on any atom is -0.378 e. The van der Waals surface area contributed by atoms with Crippen LogP contribution in [0.25, 0.3) is 0 Å². The zero-order valence-corrected chi connectivity index (χ0v) is 11.6. The molecule has 1 aromatic rings. The molecule has 96 valence electrons. The third kappa shape index (κ3) is 4.05. The average Bonchev–Trinajstić information content (AvgIpc) is 2.74. The van der Waals surface area contributed by atoms with Crippen LogP contribution in [0.1, 0.15) is 43.3 Å². The molecule has 0 spiro atoms. The maximum atomic E-state index is 5.75. The van der Waals surface area contributed by atoms with E-state index in [1.54, 1.807) is 11.3 Å². The number of hydrogen-bond donors (Lipinski definition) is 1. The van der Waals surface area contributed by atoms with Gasteiger partial charge in [-0.05, 0) is 26.2 Å². The van der Waals surface area contributed by atoms with Gasteiger partial charge in [-0.2, -0.15) is 0 Å². The number of thiazole rings is 1. The van der Waals surface area contributed by atoms with Gasteiger partial charge in [0.2, 0.25) is 0 Å². The molecular weight excluding hydrogens is 232 g/mol. The topological polar surface area (TPSA) is 34.2 Å². The summed E-state index contributed by atoms with van der Waals surface area (Å²) in [5.74, 6) is 0. The third-order valence-electron chi connectivity index (χ3n) is 3.19. The van der Waals surface area contributed by atoms with E-state index in [9.17, 15) is 0 Å². The Labute approximate surface area is 108 Å². The van der Waals surface area contributed by atoms with Crippen LogP contribution in [0.2, 0.25) is 0 Å². The fourth-order valence-electron chi connectivity index (χ4n) is 2.30. The highest BCUT2D eigenvalue weighted by Crippen LogP contribution is 2.18. The highest BCUT2D eigenvalue weighted by atomic mass is 32.1. The lowest BCUT2D eigenvalue weighted by Gasteiger charge is -2.30. The molecule has 4 heteroatoms. The maximum Gasteiger partial charge on any atom is 0.107 e. The second-order valence-electron chi connectivity index (χ2n) is 4.77. The number of nitrogens with one attached hydrogen (secondary N) is 1. The highest BCUT2D eigenvalue weighted by molar-refractivity contribution is 7.09. The monoisotopic (exact) mass is 254 g/mol. The molecular formula is C13H22N2OS. The molecule has 1 aliphatic rings. The first kappa shape index (κ1) is 13.0. The van der Waals surface area contributed by atoms with Gasteiger partial charge in [-0.15, -0.1) is 11.3 Å². The zero-order valence-electron chi connectivity index (χ0n) is 10.7. The van der Waals surface area contributed by atoms with Crippen LogP contribution in [0, 0.1) is 6.92 Å². The van der Waals surface area contributed by atoms with Gasteiger partial charge in [0.1, 0.15) is 5.01 Å². The molecule has 0 aliphatic carbocycles. The third-order valence-corrected chi connectivity index (χ3v) is 4.15. The van der Waals surface area contributed by atoms with Crippen molar-refractivity contribution in [1.29, 1.82) is 0 Å². The average molecular weight is 254 g/mol. The minimum atomic E-state index is 0.462. The number of aryl methyl sites for hydroxylation is 1. The molecule has 1 saturated heterocycles. The van der Waals surface area contributed by atoms with Crippen molar-refractivity contribution in [2.24, 2.45) is 0 Å². The van der Waals surface area contributed by atoms with Gasteiger partial charge in [0, 0.05) is 30.3 Å². The number of hydrogen-bond acceptors (Lipinski definition) is 4. The van der Waals surface area contributed by atoms with E-state index in [0.717, 1.165) is 31.7 Å². The Kier molecular flexibility index (Phi) is 4.95. The summed E-state index contributed by atoms with van der Waals surface area (Å²) in [6, 6.07) is 0.601. The molecule has 0 radical (unpaired) electrons. The van der Waals surface area contributed by atoms with Crippen molar-refractivity contribution in [3.8, 4) is 0 Å². The molecule has 1 fully saturated rings. The molecule has 0 bridgehead atoms. The van der Waals surface area contributed by atoms with Gasteiger partial charge in [0.05, 0.1) is 6.10 Å². The largest absolute Gasteiger partial charge is 0.378 e. The van der Waals surface area contributed by atoms with E-state index in [0.29, 0.717) is 12.1 Å². The summed E-state index contributed by atoms with van der Waals surface area (Å²) in [7, 11) is 0. The molecule has 3 nitrogen and oxygen atoms in total. The predicted molar refractivity (Wildman–Crippen MR) is 71.4 cm³/mol. The van der Waals surface area contributed by atoms with Crippen LogP contribution in [0.4, 0.5) is 0 Å². The van der Waals surface area contributed by atoms with Gasteiger partial charge in [-0.1, -0.05) is 13.3 Å². The molecule has 1 N–H and O–H groups in total. The molecule has 2 rings (SSSR count).